The monoisotopic (exact) mass is 359 g/mol. The molecular weight excluding hydrogens is 337 g/mol. The van der Waals surface area contributed by atoms with Crippen molar-refractivity contribution in [2.24, 2.45) is 5.92 Å². The fourth-order valence-corrected chi connectivity index (χ4v) is 3.30. The van der Waals surface area contributed by atoms with Crippen LogP contribution in [0.15, 0.2) is 16.6 Å². The Morgan fingerprint density at radius 3 is 2.86 bits per heavy atom. The fourth-order valence-electron chi connectivity index (χ4n) is 2.94. The van der Waals surface area contributed by atoms with E-state index in [-0.39, 0.29) is 18.0 Å². The minimum Gasteiger partial charge on any atom is -0.496 e. The summed E-state index contributed by atoms with van der Waals surface area (Å²) >= 11 is 3.28. The van der Waals surface area contributed by atoms with Gasteiger partial charge in [0, 0.05) is 30.2 Å². The predicted octanol–water partition coefficient (Wildman–Crippen LogP) is 4.06. The molecule has 2 rings (SSSR count). The second-order valence-corrected chi connectivity index (χ2v) is 6.32. The lowest BCUT2D eigenvalue weighted by molar-refractivity contribution is 0.0950. The van der Waals surface area contributed by atoms with Crippen molar-refractivity contribution >= 4 is 15.9 Å². The van der Waals surface area contributed by atoms with Gasteiger partial charge in [-0.15, -0.1) is 0 Å². The van der Waals surface area contributed by atoms with Gasteiger partial charge in [0.05, 0.1) is 17.7 Å². The molecule has 0 bridgehead atoms. The van der Waals surface area contributed by atoms with Crippen LogP contribution in [0, 0.1) is 11.7 Å². The second kappa shape index (κ2) is 7.56. The first-order valence-electron chi connectivity index (χ1n) is 7.46. The minimum absolute atomic E-state index is 0.106. The summed E-state index contributed by atoms with van der Waals surface area (Å²) in [6.45, 7) is 5.92. The summed E-state index contributed by atoms with van der Waals surface area (Å²) in [7, 11) is 1.58. The molecule has 0 radical (unpaired) electrons. The zero-order valence-corrected chi connectivity index (χ0v) is 14.4. The zero-order valence-electron chi connectivity index (χ0n) is 12.8. The first-order valence-corrected chi connectivity index (χ1v) is 8.25. The first kappa shape index (κ1) is 16.7. The molecule has 3 nitrogen and oxygen atoms in total. The van der Waals surface area contributed by atoms with Crippen molar-refractivity contribution < 1.29 is 13.9 Å². The molecule has 21 heavy (non-hydrogen) atoms. The number of nitrogens with one attached hydrogen (secondary N) is 1. The molecule has 0 aromatic heterocycles. The molecule has 1 N–H and O–H groups in total. The van der Waals surface area contributed by atoms with Crippen LogP contribution in [-0.4, -0.2) is 26.4 Å². The van der Waals surface area contributed by atoms with Crippen molar-refractivity contribution in [2.45, 2.75) is 38.8 Å². The molecular formula is C16H23BrFNO2. The third-order valence-corrected chi connectivity index (χ3v) is 4.69. The van der Waals surface area contributed by atoms with Gasteiger partial charge in [-0.05, 0) is 48.3 Å². The highest BCUT2D eigenvalue weighted by molar-refractivity contribution is 9.10. The molecule has 0 aliphatic carbocycles. The van der Waals surface area contributed by atoms with Crippen LogP contribution < -0.4 is 10.1 Å². The predicted molar refractivity (Wildman–Crippen MR) is 85.2 cm³/mol. The number of rotatable bonds is 6. The van der Waals surface area contributed by atoms with E-state index in [4.69, 9.17) is 9.47 Å². The highest BCUT2D eigenvalue weighted by Crippen LogP contribution is 2.39. The Labute approximate surface area is 134 Å². The summed E-state index contributed by atoms with van der Waals surface area (Å²) in [4.78, 5) is 0. The summed E-state index contributed by atoms with van der Waals surface area (Å²) in [6, 6.07) is 3.38. The van der Waals surface area contributed by atoms with E-state index in [2.05, 4.69) is 35.1 Å². The molecule has 5 heteroatoms. The molecule has 3 atom stereocenters. The van der Waals surface area contributed by atoms with Crippen molar-refractivity contribution in [1.29, 1.82) is 0 Å². The molecule has 1 aliphatic heterocycles. The minimum atomic E-state index is -0.305. The van der Waals surface area contributed by atoms with Gasteiger partial charge in [-0.2, -0.15) is 0 Å². The number of hydrogen-bond donors (Lipinski definition) is 1. The van der Waals surface area contributed by atoms with Gasteiger partial charge in [-0.3, -0.25) is 0 Å². The maximum absolute atomic E-state index is 13.7. The third-order valence-electron chi connectivity index (χ3n) is 4.08. The van der Waals surface area contributed by atoms with Crippen LogP contribution in [0.2, 0.25) is 0 Å². The lowest BCUT2D eigenvalue weighted by atomic mass is 9.87. The summed E-state index contributed by atoms with van der Waals surface area (Å²) in [5, 5.41) is 3.58. The smallest absolute Gasteiger partial charge is 0.141 e. The Kier molecular flexibility index (Phi) is 6.02. The van der Waals surface area contributed by atoms with Crippen molar-refractivity contribution in [3.8, 4) is 5.75 Å². The van der Waals surface area contributed by atoms with Crippen LogP contribution in [0.5, 0.6) is 5.75 Å². The average molecular weight is 360 g/mol. The molecule has 3 unspecified atom stereocenters. The van der Waals surface area contributed by atoms with Gasteiger partial charge < -0.3 is 14.8 Å². The molecule has 1 saturated heterocycles. The molecule has 1 fully saturated rings. The van der Waals surface area contributed by atoms with Crippen LogP contribution in [0.3, 0.4) is 0 Å². The van der Waals surface area contributed by atoms with Crippen LogP contribution in [0.25, 0.3) is 0 Å². The number of halogens is 2. The Morgan fingerprint density at radius 2 is 2.29 bits per heavy atom. The Morgan fingerprint density at radius 1 is 1.52 bits per heavy atom. The van der Waals surface area contributed by atoms with E-state index in [1.807, 2.05) is 6.07 Å². The third kappa shape index (κ3) is 3.76. The van der Waals surface area contributed by atoms with Crippen molar-refractivity contribution in [3.63, 3.8) is 0 Å². The molecule has 1 aliphatic rings. The summed E-state index contributed by atoms with van der Waals surface area (Å²) < 4.78 is 25.3. The molecule has 1 aromatic rings. The molecule has 1 heterocycles. The normalized spacial score (nSPS) is 23.3. The van der Waals surface area contributed by atoms with Gasteiger partial charge >= 0.3 is 0 Å². The molecule has 0 saturated carbocycles. The van der Waals surface area contributed by atoms with E-state index in [0.29, 0.717) is 16.1 Å². The van der Waals surface area contributed by atoms with E-state index in [1.165, 1.54) is 6.07 Å². The van der Waals surface area contributed by atoms with E-state index >= 15 is 0 Å². The number of benzene rings is 1. The summed E-state index contributed by atoms with van der Waals surface area (Å²) in [5.74, 6) is 0.645. The Bertz CT molecular complexity index is 484. The van der Waals surface area contributed by atoms with Crippen LogP contribution in [0.4, 0.5) is 4.39 Å². The highest BCUT2D eigenvalue weighted by atomic mass is 79.9. The van der Waals surface area contributed by atoms with E-state index < -0.39 is 0 Å². The number of hydrogen-bond acceptors (Lipinski definition) is 3. The SMILES string of the molecule is CCCNC(c1cc(Br)c(F)cc1OC)C1CCOC1C. The second-order valence-electron chi connectivity index (χ2n) is 5.47. The fraction of sp³-hybridized carbons (Fsp3) is 0.625. The molecule has 118 valence electrons. The van der Waals surface area contributed by atoms with Crippen molar-refractivity contribution in [2.75, 3.05) is 20.3 Å². The molecule has 1 aromatic carbocycles. The van der Waals surface area contributed by atoms with Crippen molar-refractivity contribution in [1.82, 2.24) is 5.32 Å². The topological polar surface area (TPSA) is 30.5 Å². The standard InChI is InChI=1S/C16H23BrFNO2/c1-4-6-19-16(11-5-7-21-10(11)2)12-8-13(17)14(18)9-15(12)20-3/h8-11,16,19H,4-7H2,1-3H3. The van der Waals surface area contributed by atoms with E-state index in [1.54, 1.807) is 7.11 Å². The van der Waals surface area contributed by atoms with Gasteiger partial charge in [0.15, 0.2) is 0 Å². The largest absolute Gasteiger partial charge is 0.496 e. The van der Waals surface area contributed by atoms with Gasteiger partial charge in [0.2, 0.25) is 0 Å². The zero-order chi connectivity index (χ0) is 15.4. The van der Waals surface area contributed by atoms with E-state index in [0.717, 1.165) is 31.6 Å². The number of methoxy groups -OCH3 is 1. The maximum Gasteiger partial charge on any atom is 0.141 e. The van der Waals surface area contributed by atoms with Gasteiger partial charge in [0.25, 0.3) is 0 Å². The van der Waals surface area contributed by atoms with E-state index in [9.17, 15) is 4.39 Å². The van der Waals surface area contributed by atoms with Crippen LogP contribution >= 0.6 is 15.9 Å². The van der Waals surface area contributed by atoms with Gasteiger partial charge in [-0.25, -0.2) is 4.39 Å². The van der Waals surface area contributed by atoms with Gasteiger partial charge in [-0.1, -0.05) is 6.92 Å². The maximum atomic E-state index is 13.7. The Balaban J connectivity index is 2.37. The quantitative estimate of drug-likeness (QED) is 0.830. The van der Waals surface area contributed by atoms with Crippen LogP contribution in [-0.2, 0) is 4.74 Å². The number of ether oxygens (including phenoxy) is 2. The lowest BCUT2D eigenvalue weighted by Crippen LogP contribution is -2.32. The molecule has 0 amide bonds. The lowest BCUT2D eigenvalue weighted by Gasteiger charge is -2.29. The Hall–Kier alpha value is -0.650. The average Bonchev–Trinajstić information content (AvgIpc) is 2.89. The van der Waals surface area contributed by atoms with Gasteiger partial charge in [0.1, 0.15) is 11.6 Å². The molecule has 0 spiro atoms. The van der Waals surface area contributed by atoms with Crippen molar-refractivity contribution in [3.05, 3.63) is 28.0 Å². The highest BCUT2D eigenvalue weighted by Gasteiger charge is 2.34. The summed E-state index contributed by atoms with van der Waals surface area (Å²) in [5.41, 5.74) is 0.988. The summed E-state index contributed by atoms with van der Waals surface area (Å²) in [6.07, 6.45) is 2.23. The first-order chi connectivity index (χ1) is 10.1. The van der Waals surface area contributed by atoms with Crippen LogP contribution in [0.1, 0.15) is 38.3 Å².